The Balaban J connectivity index is 1.58. The highest BCUT2D eigenvalue weighted by Crippen LogP contribution is 2.36. The minimum Gasteiger partial charge on any atom is -0.497 e. The molecule has 2 aliphatic heterocycles. The summed E-state index contributed by atoms with van der Waals surface area (Å²) in [6, 6.07) is 16.2. The number of nitrogens with zero attached hydrogens (tertiary/aromatic N) is 1. The van der Waals surface area contributed by atoms with Gasteiger partial charge in [-0.1, -0.05) is 24.3 Å². The SMILES string of the molecule is COc1ccc(/C=C(/C(=O)OC2CC3CCC(C2)N3C)c2ccc(OC)cc2)cc1. The molecule has 0 aliphatic carbocycles. The Bertz CT molecular complexity index is 890. The summed E-state index contributed by atoms with van der Waals surface area (Å²) >= 11 is 0. The van der Waals surface area contributed by atoms with Gasteiger partial charge in [0.2, 0.25) is 0 Å². The number of carbonyl (C=O) groups is 1. The molecule has 5 nitrogen and oxygen atoms in total. The third-order valence-electron chi connectivity index (χ3n) is 6.38. The van der Waals surface area contributed by atoms with Crippen molar-refractivity contribution in [2.45, 2.75) is 43.9 Å². The quantitative estimate of drug-likeness (QED) is 0.403. The number of piperidine rings is 1. The van der Waals surface area contributed by atoms with Gasteiger partial charge in [0, 0.05) is 24.9 Å². The van der Waals surface area contributed by atoms with E-state index >= 15 is 0 Å². The topological polar surface area (TPSA) is 48.0 Å². The van der Waals surface area contributed by atoms with Crippen molar-refractivity contribution in [2.75, 3.05) is 21.3 Å². The molecule has 2 aliphatic rings. The van der Waals surface area contributed by atoms with Gasteiger partial charge in [0.05, 0.1) is 19.8 Å². The fourth-order valence-electron chi connectivity index (χ4n) is 4.57. The monoisotopic (exact) mass is 407 g/mol. The van der Waals surface area contributed by atoms with Gasteiger partial charge in [-0.25, -0.2) is 4.79 Å². The van der Waals surface area contributed by atoms with Gasteiger partial charge in [-0.15, -0.1) is 0 Å². The number of fused-ring (bicyclic) bond motifs is 2. The van der Waals surface area contributed by atoms with Crippen LogP contribution in [0.2, 0.25) is 0 Å². The Kier molecular flexibility index (Phi) is 6.09. The first kappa shape index (κ1) is 20.5. The van der Waals surface area contributed by atoms with Crippen LogP contribution in [0.15, 0.2) is 48.5 Å². The van der Waals surface area contributed by atoms with Crippen molar-refractivity contribution < 1.29 is 19.0 Å². The maximum Gasteiger partial charge on any atom is 0.339 e. The molecule has 2 fully saturated rings. The van der Waals surface area contributed by atoms with Crippen LogP contribution in [0.4, 0.5) is 0 Å². The van der Waals surface area contributed by atoms with Gasteiger partial charge < -0.3 is 19.1 Å². The van der Waals surface area contributed by atoms with Crippen LogP contribution in [0.5, 0.6) is 11.5 Å². The summed E-state index contributed by atoms with van der Waals surface area (Å²) in [4.78, 5) is 15.7. The Morgan fingerprint density at radius 2 is 1.43 bits per heavy atom. The molecule has 2 saturated heterocycles. The van der Waals surface area contributed by atoms with Crippen LogP contribution in [0.25, 0.3) is 11.6 Å². The number of hydrogen-bond acceptors (Lipinski definition) is 5. The van der Waals surface area contributed by atoms with Gasteiger partial charge in [0.25, 0.3) is 0 Å². The lowest BCUT2D eigenvalue weighted by molar-refractivity contribution is -0.144. The third-order valence-corrected chi connectivity index (χ3v) is 6.38. The van der Waals surface area contributed by atoms with Crippen molar-refractivity contribution in [3.8, 4) is 11.5 Å². The lowest BCUT2D eigenvalue weighted by Crippen LogP contribution is -2.43. The smallest absolute Gasteiger partial charge is 0.339 e. The van der Waals surface area contributed by atoms with Crippen LogP contribution < -0.4 is 9.47 Å². The highest BCUT2D eigenvalue weighted by atomic mass is 16.5. The van der Waals surface area contributed by atoms with E-state index in [1.807, 2.05) is 54.6 Å². The molecule has 0 amide bonds. The predicted octanol–water partition coefficient (Wildman–Crippen LogP) is 4.41. The first-order valence-electron chi connectivity index (χ1n) is 10.5. The van der Waals surface area contributed by atoms with E-state index in [2.05, 4.69) is 11.9 Å². The molecule has 0 radical (unpaired) electrons. The first-order valence-corrected chi connectivity index (χ1v) is 10.5. The number of methoxy groups -OCH3 is 2. The van der Waals surface area contributed by atoms with Gasteiger partial charge in [-0.2, -0.15) is 0 Å². The summed E-state index contributed by atoms with van der Waals surface area (Å²) in [5, 5.41) is 0. The standard InChI is InChI=1S/C25H29NO4/c1-26-19-8-9-20(26)16-23(15-19)30-25(27)24(18-6-12-22(29-3)13-7-18)14-17-4-10-21(28-2)11-5-17/h4-7,10-14,19-20,23H,8-9,15-16H2,1-3H3/b24-14+. The highest BCUT2D eigenvalue weighted by molar-refractivity contribution is 6.21. The molecule has 2 heterocycles. The van der Waals surface area contributed by atoms with Crippen molar-refractivity contribution in [1.29, 1.82) is 0 Å². The van der Waals surface area contributed by atoms with E-state index in [0.717, 1.165) is 35.5 Å². The average molecular weight is 408 g/mol. The molecule has 0 aromatic heterocycles. The molecular weight excluding hydrogens is 378 g/mol. The zero-order chi connectivity index (χ0) is 21.1. The van der Waals surface area contributed by atoms with Crippen molar-refractivity contribution in [2.24, 2.45) is 0 Å². The molecule has 4 rings (SSSR count). The van der Waals surface area contributed by atoms with Crippen molar-refractivity contribution in [3.05, 3.63) is 59.7 Å². The van der Waals surface area contributed by atoms with Crippen LogP contribution >= 0.6 is 0 Å². The zero-order valence-electron chi connectivity index (χ0n) is 17.8. The van der Waals surface area contributed by atoms with Crippen molar-refractivity contribution in [3.63, 3.8) is 0 Å². The second-order valence-electron chi connectivity index (χ2n) is 8.11. The third kappa shape index (κ3) is 4.36. The van der Waals surface area contributed by atoms with E-state index in [9.17, 15) is 4.79 Å². The van der Waals surface area contributed by atoms with Crippen LogP contribution in [0, 0.1) is 0 Å². The van der Waals surface area contributed by atoms with Crippen molar-refractivity contribution in [1.82, 2.24) is 4.90 Å². The number of esters is 1. The molecule has 2 unspecified atom stereocenters. The molecule has 0 spiro atoms. The molecule has 0 N–H and O–H groups in total. The van der Waals surface area contributed by atoms with Gasteiger partial charge in [-0.3, -0.25) is 0 Å². The maximum atomic E-state index is 13.2. The second-order valence-corrected chi connectivity index (χ2v) is 8.11. The Hall–Kier alpha value is -2.79. The van der Waals surface area contributed by atoms with E-state index < -0.39 is 0 Å². The fourth-order valence-corrected chi connectivity index (χ4v) is 4.57. The Morgan fingerprint density at radius 1 is 0.900 bits per heavy atom. The molecule has 2 aromatic rings. The maximum absolute atomic E-state index is 13.2. The predicted molar refractivity (Wildman–Crippen MR) is 118 cm³/mol. The summed E-state index contributed by atoms with van der Waals surface area (Å²) in [5.74, 6) is 1.26. The average Bonchev–Trinajstić information content (AvgIpc) is 2.98. The van der Waals surface area contributed by atoms with E-state index in [1.165, 1.54) is 12.8 Å². The summed E-state index contributed by atoms with van der Waals surface area (Å²) in [5.41, 5.74) is 2.28. The van der Waals surface area contributed by atoms with Crippen LogP contribution in [-0.4, -0.2) is 50.3 Å². The molecule has 2 bridgehead atoms. The van der Waals surface area contributed by atoms with Crippen LogP contribution in [0.3, 0.4) is 0 Å². The number of rotatable bonds is 6. The highest BCUT2D eigenvalue weighted by Gasteiger charge is 2.40. The second kappa shape index (κ2) is 8.92. The van der Waals surface area contributed by atoms with Gasteiger partial charge in [-0.05, 0) is 61.4 Å². The van der Waals surface area contributed by atoms with Crippen LogP contribution in [0.1, 0.15) is 36.8 Å². The van der Waals surface area contributed by atoms with E-state index in [-0.39, 0.29) is 12.1 Å². The van der Waals surface area contributed by atoms with Crippen molar-refractivity contribution >= 4 is 17.6 Å². The molecule has 0 saturated carbocycles. The molecule has 2 atom stereocenters. The summed E-state index contributed by atoms with van der Waals surface area (Å²) in [6.45, 7) is 0. The normalized spacial score (nSPS) is 23.8. The van der Waals surface area contributed by atoms with Crippen LogP contribution in [-0.2, 0) is 9.53 Å². The van der Waals surface area contributed by atoms with E-state index in [4.69, 9.17) is 14.2 Å². The summed E-state index contributed by atoms with van der Waals surface area (Å²) < 4.78 is 16.5. The molecule has 5 heteroatoms. The lowest BCUT2D eigenvalue weighted by atomic mass is 9.99. The Morgan fingerprint density at radius 3 is 1.97 bits per heavy atom. The number of carbonyl (C=O) groups excluding carboxylic acids is 1. The number of ether oxygens (including phenoxy) is 3. The van der Waals surface area contributed by atoms with Gasteiger partial charge in [0.15, 0.2) is 0 Å². The first-order chi connectivity index (χ1) is 14.6. The molecule has 2 aromatic carbocycles. The van der Waals surface area contributed by atoms with E-state index in [1.54, 1.807) is 14.2 Å². The summed E-state index contributed by atoms with van der Waals surface area (Å²) in [7, 11) is 5.46. The molecule has 30 heavy (non-hydrogen) atoms. The van der Waals surface area contributed by atoms with E-state index in [0.29, 0.717) is 17.7 Å². The fraction of sp³-hybridized carbons (Fsp3) is 0.400. The molecular formula is C25H29NO4. The minimum atomic E-state index is -0.273. The largest absolute Gasteiger partial charge is 0.497 e. The Labute approximate surface area is 178 Å². The minimum absolute atomic E-state index is 0.0243. The van der Waals surface area contributed by atoms with Gasteiger partial charge in [0.1, 0.15) is 17.6 Å². The lowest BCUT2D eigenvalue weighted by Gasteiger charge is -2.35. The number of benzene rings is 2. The summed E-state index contributed by atoms with van der Waals surface area (Å²) in [6.07, 6.45) is 6.08. The van der Waals surface area contributed by atoms with Gasteiger partial charge >= 0.3 is 5.97 Å². The molecule has 158 valence electrons. The zero-order valence-corrected chi connectivity index (χ0v) is 17.8. The number of hydrogen-bond donors (Lipinski definition) is 0.